The lowest BCUT2D eigenvalue weighted by Crippen LogP contribution is -2.36. The van der Waals surface area contributed by atoms with Gasteiger partial charge in [0.25, 0.3) is 18.3 Å². The third kappa shape index (κ3) is 2.18. The Balaban J connectivity index is 2.84. The molecule has 2 rings (SSSR count). The van der Waals surface area contributed by atoms with Crippen LogP contribution in [0, 0.1) is 0 Å². The van der Waals surface area contributed by atoms with Crippen molar-refractivity contribution in [2.75, 3.05) is 0 Å². The van der Waals surface area contributed by atoms with E-state index in [0.717, 1.165) is 0 Å². The number of nitrogens with zero attached hydrogens (tertiary/aromatic N) is 2. The van der Waals surface area contributed by atoms with Crippen LogP contribution in [0.1, 0.15) is 57.0 Å². The first-order valence-corrected chi connectivity index (χ1v) is 6.06. The fourth-order valence-corrected chi connectivity index (χ4v) is 2.33. The van der Waals surface area contributed by atoms with Crippen LogP contribution in [0.2, 0.25) is 0 Å². The molecule has 0 aromatic carbocycles. The Morgan fingerprint density at radius 1 is 1.05 bits per heavy atom. The smallest absolute Gasteiger partial charge is 0.257 e. The van der Waals surface area contributed by atoms with Gasteiger partial charge in [0, 0.05) is 12.8 Å². The maximum Gasteiger partial charge on any atom is 0.290 e. The number of hydrogen-bond donors (Lipinski definition) is 0. The molecule has 1 aliphatic carbocycles. The molecule has 2 nitrogen and oxygen atoms in total. The van der Waals surface area contributed by atoms with Crippen molar-refractivity contribution in [1.82, 2.24) is 9.78 Å². The summed E-state index contributed by atoms with van der Waals surface area (Å²) in [5.74, 6) is -7.31. The van der Waals surface area contributed by atoms with E-state index in [2.05, 4.69) is 5.10 Å². The normalized spacial score (nSPS) is 21.1. The zero-order valence-electron chi connectivity index (χ0n) is 11.2. The van der Waals surface area contributed by atoms with E-state index in [1.165, 1.54) is 20.8 Å². The van der Waals surface area contributed by atoms with E-state index in [1.807, 2.05) is 0 Å². The molecule has 0 amide bonds. The molecule has 0 fully saturated rings. The lowest BCUT2D eigenvalue weighted by atomic mass is 9.88. The van der Waals surface area contributed by atoms with Crippen molar-refractivity contribution in [3.63, 3.8) is 0 Å². The number of rotatable bonds is 1. The number of aromatic nitrogens is 2. The van der Waals surface area contributed by atoms with E-state index in [1.54, 1.807) is 0 Å². The van der Waals surface area contributed by atoms with Crippen molar-refractivity contribution in [3.05, 3.63) is 17.0 Å². The van der Waals surface area contributed by atoms with Crippen LogP contribution in [0.5, 0.6) is 0 Å². The Morgan fingerprint density at radius 2 is 1.55 bits per heavy atom. The highest BCUT2D eigenvalue weighted by atomic mass is 19.3. The van der Waals surface area contributed by atoms with E-state index in [-0.39, 0.29) is 0 Å². The lowest BCUT2D eigenvalue weighted by Gasteiger charge is -2.32. The number of fused-ring (bicyclic) bond motifs is 1. The van der Waals surface area contributed by atoms with Gasteiger partial charge in [-0.1, -0.05) is 0 Å². The second-order valence-corrected chi connectivity index (χ2v) is 5.90. The van der Waals surface area contributed by atoms with Gasteiger partial charge in [0.1, 0.15) is 11.4 Å². The minimum absolute atomic E-state index is 0.608. The van der Waals surface area contributed by atoms with Crippen molar-refractivity contribution < 1.29 is 26.3 Å². The van der Waals surface area contributed by atoms with Crippen LogP contribution in [-0.2, 0) is 17.4 Å². The summed E-state index contributed by atoms with van der Waals surface area (Å²) >= 11 is 0. The third-order valence-electron chi connectivity index (χ3n) is 3.22. The Labute approximate surface area is 111 Å². The topological polar surface area (TPSA) is 17.8 Å². The molecule has 0 bridgehead atoms. The number of hydrogen-bond acceptors (Lipinski definition) is 1. The van der Waals surface area contributed by atoms with Crippen LogP contribution in [-0.4, -0.2) is 9.78 Å². The fraction of sp³-hybridized carbons (Fsp3) is 0.750. The second-order valence-electron chi connectivity index (χ2n) is 5.90. The SMILES string of the molecule is CC(C)(C)n1nc(C(F)F)c2c1C(F)(F)CCC2(F)F. The first kappa shape index (κ1) is 15.2. The molecule has 8 heteroatoms. The van der Waals surface area contributed by atoms with Gasteiger partial charge in [-0.2, -0.15) is 13.9 Å². The van der Waals surface area contributed by atoms with E-state index < -0.39 is 53.6 Å². The maximum atomic E-state index is 14.0. The van der Waals surface area contributed by atoms with Gasteiger partial charge in [-0.3, -0.25) is 4.68 Å². The Kier molecular flexibility index (Phi) is 3.15. The largest absolute Gasteiger partial charge is 0.290 e. The highest BCUT2D eigenvalue weighted by molar-refractivity contribution is 5.37. The summed E-state index contributed by atoms with van der Waals surface area (Å²) in [5, 5.41) is 3.36. The molecule has 0 saturated carbocycles. The molecule has 0 N–H and O–H groups in total. The van der Waals surface area contributed by atoms with Gasteiger partial charge in [-0.25, -0.2) is 17.6 Å². The average molecular weight is 300 g/mol. The number of alkyl halides is 6. The summed E-state index contributed by atoms with van der Waals surface area (Å²) in [4.78, 5) is 0. The minimum atomic E-state index is -3.72. The Bertz CT molecular complexity index is 527. The van der Waals surface area contributed by atoms with Crippen LogP contribution in [0.3, 0.4) is 0 Å². The van der Waals surface area contributed by atoms with E-state index in [4.69, 9.17) is 0 Å². The zero-order valence-corrected chi connectivity index (χ0v) is 11.2. The van der Waals surface area contributed by atoms with E-state index >= 15 is 0 Å². The van der Waals surface area contributed by atoms with Gasteiger partial charge in [0.15, 0.2) is 0 Å². The molecule has 0 saturated heterocycles. The highest BCUT2D eigenvalue weighted by Crippen LogP contribution is 2.53. The summed E-state index contributed by atoms with van der Waals surface area (Å²) in [5.41, 5.74) is -4.75. The van der Waals surface area contributed by atoms with Gasteiger partial charge in [-0.05, 0) is 20.8 Å². The molecule has 0 aliphatic heterocycles. The van der Waals surface area contributed by atoms with E-state index in [9.17, 15) is 26.3 Å². The predicted molar refractivity (Wildman–Crippen MR) is 59.2 cm³/mol. The van der Waals surface area contributed by atoms with Crippen molar-refractivity contribution in [1.29, 1.82) is 0 Å². The molecular weight excluding hydrogens is 286 g/mol. The Morgan fingerprint density at radius 3 is 2.00 bits per heavy atom. The summed E-state index contributed by atoms with van der Waals surface area (Å²) in [7, 11) is 0. The summed E-state index contributed by atoms with van der Waals surface area (Å²) in [6.07, 6.45) is -5.58. The van der Waals surface area contributed by atoms with E-state index in [0.29, 0.717) is 4.68 Å². The molecule has 1 heterocycles. The van der Waals surface area contributed by atoms with Gasteiger partial charge in [-0.15, -0.1) is 0 Å². The fourth-order valence-electron chi connectivity index (χ4n) is 2.33. The molecule has 0 atom stereocenters. The monoisotopic (exact) mass is 300 g/mol. The van der Waals surface area contributed by atoms with Crippen LogP contribution in [0.15, 0.2) is 0 Å². The molecule has 1 aromatic rings. The quantitative estimate of drug-likeness (QED) is 0.696. The van der Waals surface area contributed by atoms with Crippen molar-refractivity contribution in [2.24, 2.45) is 0 Å². The van der Waals surface area contributed by atoms with Gasteiger partial charge >= 0.3 is 0 Å². The van der Waals surface area contributed by atoms with Gasteiger partial charge in [0.2, 0.25) is 0 Å². The molecule has 20 heavy (non-hydrogen) atoms. The predicted octanol–water partition coefficient (Wildman–Crippen LogP) is 4.55. The third-order valence-corrected chi connectivity index (χ3v) is 3.22. The first-order chi connectivity index (χ1) is 8.88. The molecule has 0 radical (unpaired) electrons. The van der Waals surface area contributed by atoms with Crippen molar-refractivity contribution in [3.8, 4) is 0 Å². The molecular formula is C12H14F6N2. The molecule has 114 valence electrons. The van der Waals surface area contributed by atoms with Gasteiger partial charge in [0.05, 0.1) is 11.1 Å². The van der Waals surface area contributed by atoms with Gasteiger partial charge < -0.3 is 0 Å². The van der Waals surface area contributed by atoms with Crippen LogP contribution < -0.4 is 0 Å². The summed E-state index contributed by atoms with van der Waals surface area (Å²) in [6, 6.07) is 0. The molecule has 0 unspecified atom stereocenters. The van der Waals surface area contributed by atoms with Crippen LogP contribution in [0.4, 0.5) is 26.3 Å². The molecule has 1 aromatic heterocycles. The summed E-state index contributed by atoms with van der Waals surface area (Å²) < 4.78 is 82.0. The minimum Gasteiger partial charge on any atom is -0.257 e. The Hall–Kier alpha value is -1.21. The highest BCUT2D eigenvalue weighted by Gasteiger charge is 2.55. The molecule has 0 spiro atoms. The average Bonchev–Trinajstić information content (AvgIpc) is 2.66. The zero-order chi connectivity index (χ0) is 15.5. The van der Waals surface area contributed by atoms with Crippen molar-refractivity contribution in [2.45, 2.75) is 57.4 Å². The lowest BCUT2D eigenvalue weighted by molar-refractivity contribution is -0.103. The van der Waals surface area contributed by atoms with Crippen LogP contribution in [0.25, 0.3) is 0 Å². The first-order valence-electron chi connectivity index (χ1n) is 6.06. The second kappa shape index (κ2) is 4.14. The number of halogens is 6. The summed E-state index contributed by atoms with van der Waals surface area (Å²) in [6.45, 7) is 4.33. The maximum absolute atomic E-state index is 14.0. The standard InChI is InChI=1S/C12H14F6N2/c1-10(2,3)20-8-6(7(19-20)9(13)14)11(15,16)4-5-12(8,17)18/h9H,4-5H2,1-3H3. The molecule has 1 aliphatic rings. The van der Waals surface area contributed by atoms with Crippen LogP contribution >= 0.6 is 0 Å². The van der Waals surface area contributed by atoms with Crippen molar-refractivity contribution >= 4 is 0 Å².